The molecule has 2 N–H and O–H groups in total. The number of benzene rings is 2. The molecule has 2 heterocycles. The Bertz CT molecular complexity index is 1080. The van der Waals surface area contributed by atoms with Gasteiger partial charge in [0.15, 0.2) is 5.75 Å². The highest BCUT2D eigenvalue weighted by atomic mass is 35.5. The number of hydrogen-bond acceptors (Lipinski definition) is 5. The summed E-state index contributed by atoms with van der Waals surface area (Å²) in [7, 11) is 0. The van der Waals surface area contributed by atoms with Crippen LogP contribution in [0.15, 0.2) is 41.4 Å². The number of phenolic OH excluding ortho intramolecular Hbond substituents is 1. The van der Waals surface area contributed by atoms with Crippen molar-refractivity contribution >= 4 is 23.1 Å². The fraction of sp³-hybridized carbons (Fsp3) is 0.235. The Morgan fingerprint density at radius 3 is 2.83 bits per heavy atom. The molecule has 0 atom stereocenters. The van der Waals surface area contributed by atoms with Crippen molar-refractivity contribution in [1.29, 1.82) is 0 Å². The quantitative estimate of drug-likeness (QED) is 0.775. The normalized spacial score (nSPS) is 30.7. The molecular formula is C17H16ClN3O2. The molecule has 0 unspecified atom stereocenters. The molecule has 0 aliphatic carbocycles. The summed E-state index contributed by atoms with van der Waals surface area (Å²) in [4.78, 5) is 4.65. The smallest absolute Gasteiger partial charge is 0.156 e. The van der Waals surface area contributed by atoms with E-state index in [1.165, 1.54) is 36.4 Å². The number of nitrogens with zero attached hydrogens (tertiary/aromatic N) is 2. The lowest BCUT2D eigenvalue weighted by molar-refractivity contribution is 0.357. The van der Waals surface area contributed by atoms with E-state index in [-0.39, 0.29) is 33.5 Å². The van der Waals surface area contributed by atoms with Crippen molar-refractivity contribution in [2.24, 2.45) is 4.99 Å². The Hall–Kier alpha value is -2.24. The Morgan fingerprint density at radius 2 is 2.00 bits per heavy atom. The minimum Gasteiger partial charge on any atom is -0.508 e. The third-order valence-electron chi connectivity index (χ3n) is 3.24. The second-order valence-corrected chi connectivity index (χ2v) is 5.20. The second kappa shape index (κ2) is 5.76. The van der Waals surface area contributed by atoms with Crippen molar-refractivity contribution in [3.63, 3.8) is 0 Å². The standard InChI is InChI=1S/C17H16ClN3O2/c18-11-1-4-15-13(9-11)17(21-7-5-19-6-8-21)20-14-3-2-12(22)10-16(14)23-15/h1-4,9-10,19,22H,5-8H2/i5D2,6D2,7D2,8D2. The van der Waals surface area contributed by atoms with Gasteiger partial charge in [-0.25, -0.2) is 4.99 Å². The van der Waals surface area contributed by atoms with Gasteiger partial charge in [-0.1, -0.05) is 11.6 Å². The van der Waals surface area contributed by atoms with Crippen LogP contribution in [0.2, 0.25) is 5.02 Å². The predicted octanol–water partition coefficient (Wildman–Crippen LogP) is 3.13. The van der Waals surface area contributed by atoms with Crippen molar-refractivity contribution in [3.05, 3.63) is 47.0 Å². The Balaban J connectivity index is 2.06. The van der Waals surface area contributed by atoms with Crippen LogP contribution in [0.4, 0.5) is 5.69 Å². The topological polar surface area (TPSA) is 57.1 Å². The van der Waals surface area contributed by atoms with Crippen LogP contribution in [0.1, 0.15) is 16.5 Å². The number of piperazine rings is 1. The van der Waals surface area contributed by atoms with Crippen LogP contribution in [-0.2, 0) is 0 Å². The Kier molecular flexibility index (Phi) is 2.01. The van der Waals surface area contributed by atoms with E-state index in [0.29, 0.717) is 4.90 Å². The van der Waals surface area contributed by atoms with Gasteiger partial charge in [-0.15, -0.1) is 0 Å². The summed E-state index contributed by atoms with van der Waals surface area (Å²) in [6.07, 6.45) is 0. The molecular weight excluding hydrogens is 314 g/mol. The molecule has 6 heteroatoms. The number of phenols is 1. The summed E-state index contributed by atoms with van der Waals surface area (Å²) in [6.45, 7) is -12.2. The Labute approximate surface area is 150 Å². The van der Waals surface area contributed by atoms with Gasteiger partial charge in [0, 0.05) is 42.6 Å². The van der Waals surface area contributed by atoms with Gasteiger partial charge in [0.25, 0.3) is 0 Å². The van der Waals surface area contributed by atoms with Crippen molar-refractivity contribution in [1.82, 2.24) is 10.2 Å². The van der Waals surface area contributed by atoms with Gasteiger partial charge in [0.05, 0.1) is 11.0 Å². The van der Waals surface area contributed by atoms with Gasteiger partial charge in [-0.05, 0) is 30.3 Å². The third-order valence-corrected chi connectivity index (χ3v) is 3.48. The van der Waals surface area contributed by atoms with Crippen LogP contribution in [0, 0.1) is 0 Å². The molecule has 4 rings (SSSR count). The van der Waals surface area contributed by atoms with Gasteiger partial charge in [0.1, 0.15) is 23.0 Å². The molecule has 2 aliphatic rings. The molecule has 2 aromatic carbocycles. The number of nitrogens with one attached hydrogen (secondary N) is 1. The highest BCUT2D eigenvalue weighted by Gasteiger charge is 2.24. The molecule has 0 amide bonds. The van der Waals surface area contributed by atoms with E-state index >= 15 is 0 Å². The van der Waals surface area contributed by atoms with Crippen molar-refractivity contribution in [3.8, 4) is 17.2 Å². The number of aliphatic imine (C=N–C) groups is 1. The monoisotopic (exact) mass is 337 g/mol. The maximum atomic E-state index is 9.80. The van der Waals surface area contributed by atoms with Gasteiger partial charge in [-0.3, -0.25) is 0 Å². The maximum absolute atomic E-state index is 9.80. The van der Waals surface area contributed by atoms with Gasteiger partial charge in [0.2, 0.25) is 0 Å². The number of halogens is 1. The molecule has 1 saturated heterocycles. The molecule has 5 nitrogen and oxygen atoms in total. The van der Waals surface area contributed by atoms with Crippen LogP contribution in [0.25, 0.3) is 0 Å². The van der Waals surface area contributed by atoms with Crippen LogP contribution in [0.3, 0.4) is 0 Å². The number of rotatable bonds is 0. The van der Waals surface area contributed by atoms with Gasteiger partial charge < -0.3 is 20.1 Å². The van der Waals surface area contributed by atoms with E-state index in [2.05, 4.69) is 4.99 Å². The van der Waals surface area contributed by atoms with Crippen molar-refractivity contribution in [2.75, 3.05) is 26.0 Å². The molecule has 0 saturated carbocycles. The molecule has 0 spiro atoms. The SMILES string of the molecule is [2H]C1([2H])NC([2H])([2H])C([2H])([2H])N(C2=Nc3ccc(O)cc3Oc3ccc(Cl)cc32)C1([2H])[2H]. The summed E-state index contributed by atoms with van der Waals surface area (Å²) in [6, 6.07) is 8.16. The van der Waals surface area contributed by atoms with Crippen LogP contribution >= 0.6 is 11.6 Å². The summed E-state index contributed by atoms with van der Waals surface area (Å²) >= 11 is 6.11. The first kappa shape index (κ1) is 8.04. The highest BCUT2D eigenvalue weighted by molar-refractivity contribution is 6.31. The number of hydrogen-bond donors (Lipinski definition) is 2. The van der Waals surface area contributed by atoms with E-state index < -0.39 is 31.8 Å². The van der Waals surface area contributed by atoms with Gasteiger partial charge >= 0.3 is 0 Å². The summed E-state index contributed by atoms with van der Waals surface area (Å²) in [5, 5.41) is 11.8. The van der Waals surface area contributed by atoms with Crippen LogP contribution in [-0.4, -0.2) is 41.8 Å². The second-order valence-electron chi connectivity index (χ2n) is 4.76. The fourth-order valence-electron chi connectivity index (χ4n) is 2.24. The largest absolute Gasteiger partial charge is 0.508 e. The number of ether oxygens (including phenoxy) is 1. The lowest BCUT2D eigenvalue weighted by Crippen LogP contribution is -2.46. The minimum atomic E-state index is -3.10. The first-order chi connectivity index (χ1) is 14.2. The zero-order valence-electron chi connectivity index (χ0n) is 19.6. The Morgan fingerprint density at radius 1 is 1.17 bits per heavy atom. The summed E-state index contributed by atoms with van der Waals surface area (Å²) in [5.41, 5.74) is 0.107. The van der Waals surface area contributed by atoms with Crippen molar-refractivity contribution < 1.29 is 20.8 Å². The summed E-state index contributed by atoms with van der Waals surface area (Å²) < 4.78 is 71.6. The fourth-order valence-corrected chi connectivity index (χ4v) is 2.41. The van der Waals surface area contributed by atoms with E-state index in [1.807, 2.05) is 0 Å². The first-order valence-electron chi connectivity index (χ1n) is 10.7. The van der Waals surface area contributed by atoms with E-state index in [9.17, 15) is 5.11 Å². The molecule has 0 bridgehead atoms. The van der Waals surface area contributed by atoms with Crippen LogP contribution < -0.4 is 10.1 Å². The molecule has 23 heavy (non-hydrogen) atoms. The number of amidine groups is 1. The lowest BCUT2D eigenvalue weighted by Gasteiger charge is -2.30. The van der Waals surface area contributed by atoms with E-state index in [4.69, 9.17) is 27.3 Å². The van der Waals surface area contributed by atoms with Crippen molar-refractivity contribution in [2.45, 2.75) is 0 Å². The molecule has 0 aromatic heterocycles. The number of aromatic hydroxyl groups is 1. The predicted molar refractivity (Wildman–Crippen MR) is 90.3 cm³/mol. The third kappa shape index (κ3) is 2.73. The minimum absolute atomic E-state index is 0.0180. The zero-order valence-corrected chi connectivity index (χ0v) is 12.3. The zero-order chi connectivity index (χ0) is 23.0. The van der Waals surface area contributed by atoms with Crippen LogP contribution in [0.5, 0.6) is 17.2 Å². The molecule has 2 aliphatic heterocycles. The van der Waals surface area contributed by atoms with Gasteiger partial charge in [-0.2, -0.15) is 0 Å². The molecule has 0 radical (unpaired) electrons. The molecule has 118 valence electrons. The maximum Gasteiger partial charge on any atom is 0.156 e. The highest BCUT2D eigenvalue weighted by Crippen LogP contribution is 2.40. The van der Waals surface area contributed by atoms with E-state index in [1.54, 1.807) is 5.32 Å². The first-order valence-corrected chi connectivity index (χ1v) is 7.04. The lowest BCUT2D eigenvalue weighted by atomic mass is 10.1. The molecule has 1 fully saturated rings. The number of fused-ring (bicyclic) bond motifs is 2. The summed E-state index contributed by atoms with van der Waals surface area (Å²) in [5.74, 6) is -0.390. The average Bonchev–Trinajstić information content (AvgIpc) is 2.76. The van der Waals surface area contributed by atoms with E-state index in [0.717, 1.165) is 0 Å². The molecule has 2 aromatic rings. The average molecular weight is 338 g/mol.